The molecule has 0 aliphatic carbocycles. The third kappa shape index (κ3) is 9.86. The lowest BCUT2D eigenvalue weighted by atomic mass is 10.2. The average molecular weight is 273 g/mol. The number of allylic oxidation sites excluding steroid dienone is 1. The molecule has 0 amide bonds. The highest BCUT2D eigenvalue weighted by Crippen LogP contribution is 2.20. The molecule has 18 heavy (non-hydrogen) atoms. The standard InChI is InChI=1S/C15H32O2Si/c1-5-8-11-12-15(4)18(16-13-9-6-2)17-14-10-7-3/h5,15,18H,1,6-14H2,2-4H3. The van der Waals surface area contributed by atoms with Crippen LogP contribution in [0.3, 0.4) is 0 Å². The van der Waals surface area contributed by atoms with Crippen LogP contribution in [0.5, 0.6) is 0 Å². The third-order valence-electron chi connectivity index (χ3n) is 3.09. The van der Waals surface area contributed by atoms with E-state index in [0.29, 0.717) is 5.54 Å². The molecule has 0 N–H and O–H groups in total. The lowest BCUT2D eigenvalue weighted by Gasteiger charge is -2.22. The van der Waals surface area contributed by atoms with Crippen molar-refractivity contribution in [1.29, 1.82) is 0 Å². The van der Waals surface area contributed by atoms with Gasteiger partial charge < -0.3 is 8.85 Å². The van der Waals surface area contributed by atoms with Gasteiger partial charge in [0, 0.05) is 13.2 Å². The van der Waals surface area contributed by atoms with E-state index in [2.05, 4.69) is 27.4 Å². The fourth-order valence-electron chi connectivity index (χ4n) is 1.78. The van der Waals surface area contributed by atoms with Gasteiger partial charge in [-0.3, -0.25) is 0 Å². The third-order valence-corrected chi connectivity index (χ3v) is 5.48. The van der Waals surface area contributed by atoms with Crippen LogP contribution in [0.4, 0.5) is 0 Å². The summed E-state index contributed by atoms with van der Waals surface area (Å²) in [5, 5.41) is 0. The number of rotatable bonds is 13. The van der Waals surface area contributed by atoms with Gasteiger partial charge in [-0.05, 0) is 37.6 Å². The van der Waals surface area contributed by atoms with Gasteiger partial charge in [-0.1, -0.05) is 39.7 Å². The van der Waals surface area contributed by atoms with Crippen molar-refractivity contribution in [2.75, 3.05) is 13.2 Å². The molecule has 0 aromatic carbocycles. The molecule has 0 saturated carbocycles. The second-order valence-corrected chi connectivity index (χ2v) is 7.56. The van der Waals surface area contributed by atoms with Gasteiger partial charge in [0.15, 0.2) is 0 Å². The first-order valence-corrected chi connectivity index (χ1v) is 9.21. The molecular formula is C15H32O2Si. The molecule has 0 bridgehead atoms. The zero-order chi connectivity index (χ0) is 13.6. The molecule has 0 rings (SSSR count). The smallest absolute Gasteiger partial charge is 0.324 e. The lowest BCUT2D eigenvalue weighted by molar-refractivity contribution is 0.182. The molecule has 0 aromatic heterocycles. The summed E-state index contributed by atoms with van der Waals surface area (Å²) in [4.78, 5) is 0. The highest BCUT2D eigenvalue weighted by atomic mass is 28.3. The van der Waals surface area contributed by atoms with Crippen LogP contribution >= 0.6 is 0 Å². The molecular weight excluding hydrogens is 240 g/mol. The first kappa shape index (κ1) is 17.9. The van der Waals surface area contributed by atoms with Gasteiger partial charge in [-0.2, -0.15) is 0 Å². The van der Waals surface area contributed by atoms with Crippen LogP contribution < -0.4 is 0 Å². The fraction of sp³-hybridized carbons (Fsp3) is 0.867. The number of unbranched alkanes of at least 4 members (excludes halogenated alkanes) is 3. The van der Waals surface area contributed by atoms with Gasteiger partial charge in [0.25, 0.3) is 0 Å². The first-order chi connectivity index (χ1) is 8.76. The molecule has 0 aliphatic rings. The van der Waals surface area contributed by atoms with Crippen LogP contribution in [0.1, 0.15) is 65.7 Å². The van der Waals surface area contributed by atoms with E-state index in [1.54, 1.807) is 0 Å². The van der Waals surface area contributed by atoms with Crippen LogP contribution in [0.25, 0.3) is 0 Å². The monoisotopic (exact) mass is 272 g/mol. The van der Waals surface area contributed by atoms with Gasteiger partial charge in [0.1, 0.15) is 0 Å². The predicted molar refractivity (Wildman–Crippen MR) is 82.3 cm³/mol. The van der Waals surface area contributed by atoms with Crippen molar-refractivity contribution >= 4 is 9.28 Å². The van der Waals surface area contributed by atoms with E-state index in [9.17, 15) is 0 Å². The molecule has 108 valence electrons. The zero-order valence-electron chi connectivity index (χ0n) is 12.6. The number of hydrogen-bond donors (Lipinski definition) is 0. The van der Waals surface area contributed by atoms with Gasteiger partial charge in [0.05, 0.1) is 0 Å². The molecule has 0 radical (unpaired) electrons. The normalized spacial score (nSPS) is 12.9. The Bertz CT molecular complexity index is 175. The van der Waals surface area contributed by atoms with Crippen LogP contribution in [-0.2, 0) is 8.85 Å². The van der Waals surface area contributed by atoms with E-state index in [1.807, 2.05) is 6.08 Å². The van der Waals surface area contributed by atoms with Crippen molar-refractivity contribution in [3.8, 4) is 0 Å². The molecule has 1 atom stereocenters. The fourth-order valence-corrected chi connectivity index (χ4v) is 3.84. The van der Waals surface area contributed by atoms with Crippen molar-refractivity contribution in [3.63, 3.8) is 0 Å². The average Bonchev–Trinajstić information content (AvgIpc) is 2.37. The summed E-state index contributed by atoms with van der Waals surface area (Å²) in [7, 11) is -1.47. The Morgan fingerprint density at radius 3 is 2.06 bits per heavy atom. The minimum Gasteiger partial charge on any atom is -0.396 e. The second kappa shape index (κ2) is 13.3. The van der Waals surface area contributed by atoms with Gasteiger partial charge in [0.2, 0.25) is 0 Å². The lowest BCUT2D eigenvalue weighted by Crippen LogP contribution is -2.28. The van der Waals surface area contributed by atoms with E-state index in [0.717, 1.165) is 32.5 Å². The molecule has 0 aliphatic heterocycles. The van der Waals surface area contributed by atoms with Crippen LogP contribution in [0.2, 0.25) is 5.54 Å². The summed E-state index contributed by atoms with van der Waals surface area (Å²) in [6.07, 6.45) is 10.2. The summed E-state index contributed by atoms with van der Waals surface area (Å²) in [6.45, 7) is 12.2. The molecule has 0 saturated heterocycles. The van der Waals surface area contributed by atoms with Crippen LogP contribution in [0.15, 0.2) is 12.7 Å². The molecule has 0 aromatic rings. The number of hydrogen-bond acceptors (Lipinski definition) is 2. The van der Waals surface area contributed by atoms with Gasteiger partial charge in [-0.25, -0.2) is 0 Å². The van der Waals surface area contributed by atoms with Crippen molar-refractivity contribution in [3.05, 3.63) is 12.7 Å². The summed E-state index contributed by atoms with van der Waals surface area (Å²) in [6, 6.07) is 0. The Labute approximate surface area is 116 Å². The highest BCUT2D eigenvalue weighted by Gasteiger charge is 2.21. The highest BCUT2D eigenvalue weighted by molar-refractivity contribution is 6.46. The maximum atomic E-state index is 6.01. The van der Waals surface area contributed by atoms with Gasteiger partial charge in [-0.15, -0.1) is 6.58 Å². The molecule has 1 unspecified atom stereocenters. The van der Waals surface area contributed by atoms with E-state index in [-0.39, 0.29) is 0 Å². The summed E-state index contributed by atoms with van der Waals surface area (Å²) < 4.78 is 12.0. The molecule has 2 nitrogen and oxygen atoms in total. The maximum Gasteiger partial charge on any atom is 0.324 e. The Balaban J connectivity index is 3.94. The quantitative estimate of drug-likeness (QED) is 0.277. The van der Waals surface area contributed by atoms with E-state index in [4.69, 9.17) is 8.85 Å². The maximum absolute atomic E-state index is 6.01. The van der Waals surface area contributed by atoms with E-state index < -0.39 is 9.28 Å². The largest absolute Gasteiger partial charge is 0.396 e. The Hall–Kier alpha value is -0.123. The van der Waals surface area contributed by atoms with Crippen molar-refractivity contribution < 1.29 is 8.85 Å². The summed E-state index contributed by atoms with van der Waals surface area (Å²) in [5.41, 5.74) is 0.610. The molecule has 0 spiro atoms. The van der Waals surface area contributed by atoms with Crippen LogP contribution in [-0.4, -0.2) is 22.5 Å². The summed E-state index contributed by atoms with van der Waals surface area (Å²) in [5.74, 6) is 0. The zero-order valence-corrected chi connectivity index (χ0v) is 13.8. The van der Waals surface area contributed by atoms with Gasteiger partial charge >= 0.3 is 9.28 Å². The Morgan fingerprint density at radius 2 is 1.61 bits per heavy atom. The first-order valence-electron chi connectivity index (χ1n) is 7.60. The minimum absolute atomic E-state index is 0.610. The predicted octanol–water partition coefficient (Wildman–Crippen LogP) is 4.59. The second-order valence-electron chi connectivity index (χ2n) is 5.01. The Morgan fingerprint density at radius 1 is 1.06 bits per heavy atom. The minimum atomic E-state index is -1.47. The molecule has 3 heteroatoms. The van der Waals surface area contributed by atoms with Crippen molar-refractivity contribution in [2.45, 2.75) is 71.3 Å². The summed E-state index contributed by atoms with van der Waals surface area (Å²) >= 11 is 0. The topological polar surface area (TPSA) is 18.5 Å². The van der Waals surface area contributed by atoms with Crippen molar-refractivity contribution in [1.82, 2.24) is 0 Å². The van der Waals surface area contributed by atoms with E-state index in [1.165, 1.54) is 25.7 Å². The van der Waals surface area contributed by atoms with E-state index >= 15 is 0 Å². The molecule has 0 fully saturated rings. The van der Waals surface area contributed by atoms with Crippen molar-refractivity contribution in [2.24, 2.45) is 0 Å². The molecule has 0 heterocycles. The Kier molecular flexibility index (Phi) is 13.2. The van der Waals surface area contributed by atoms with Crippen LogP contribution in [0, 0.1) is 0 Å². The SMILES string of the molecule is C=CCCCC(C)[SiH](OCCCC)OCCCC.